The Labute approximate surface area is 106 Å². The lowest BCUT2D eigenvalue weighted by Gasteiger charge is -2.04. The molecule has 92 valence electrons. The van der Waals surface area contributed by atoms with Crippen LogP contribution >= 0.6 is 11.6 Å². The zero-order valence-corrected chi connectivity index (χ0v) is 10.6. The van der Waals surface area contributed by atoms with Crippen LogP contribution in [-0.4, -0.2) is 18.7 Å². The van der Waals surface area contributed by atoms with E-state index >= 15 is 0 Å². The lowest BCUT2D eigenvalue weighted by atomic mass is 10.3. The van der Waals surface area contributed by atoms with Crippen molar-refractivity contribution in [2.75, 3.05) is 6.61 Å². The topological polar surface area (TPSA) is 50.7 Å². The van der Waals surface area contributed by atoms with Crippen LogP contribution in [0, 0.1) is 5.92 Å². The molecule has 0 unspecified atom stereocenters. The number of benzene rings is 1. The van der Waals surface area contributed by atoms with Crippen molar-refractivity contribution in [3.8, 4) is 5.75 Å². The van der Waals surface area contributed by atoms with Gasteiger partial charge in [0.25, 0.3) is 5.91 Å². The van der Waals surface area contributed by atoms with Gasteiger partial charge in [0.2, 0.25) is 0 Å². The normalized spacial score (nSPS) is 10.8. The van der Waals surface area contributed by atoms with Gasteiger partial charge in [0, 0.05) is 11.2 Å². The Bertz CT molecular complexity index is 388. The molecule has 5 heteroatoms. The molecule has 0 bridgehead atoms. The fourth-order valence-electron chi connectivity index (χ4n) is 0.970. The summed E-state index contributed by atoms with van der Waals surface area (Å²) >= 11 is 5.72. The number of carbonyl (C=O) groups excluding carboxylic acids is 1. The molecule has 1 N–H and O–H groups in total. The second-order valence-electron chi connectivity index (χ2n) is 3.80. The molecule has 0 aliphatic carbocycles. The van der Waals surface area contributed by atoms with Gasteiger partial charge in [-0.3, -0.25) is 4.79 Å². The summed E-state index contributed by atoms with van der Waals surface area (Å²) in [5, 5.41) is 4.40. The van der Waals surface area contributed by atoms with Crippen LogP contribution in [-0.2, 0) is 4.79 Å². The number of hydrogen-bond donors (Lipinski definition) is 1. The van der Waals surface area contributed by atoms with Crippen molar-refractivity contribution in [2.45, 2.75) is 13.8 Å². The Morgan fingerprint density at radius 2 is 2.12 bits per heavy atom. The fourth-order valence-corrected chi connectivity index (χ4v) is 1.10. The maximum Gasteiger partial charge on any atom is 0.277 e. The molecule has 0 aliphatic rings. The quantitative estimate of drug-likeness (QED) is 0.648. The average Bonchev–Trinajstić information content (AvgIpc) is 2.28. The van der Waals surface area contributed by atoms with Gasteiger partial charge in [-0.15, -0.1) is 0 Å². The average molecular weight is 255 g/mol. The molecule has 4 nitrogen and oxygen atoms in total. The third-order valence-electron chi connectivity index (χ3n) is 1.75. The van der Waals surface area contributed by atoms with Gasteiger partial charge in [0.1, 0.15) is 5.75 Å². The summed E-state index contributed by atoms with van der Waals surface area (Å²) in [6.07, 6.45) is 1.65. The van der Waals surface area contributed by atoms with Crippen molar-refractivity contribution in [1.82, 2.24) is 5.43 Å². The Kier molecular flexibility index (Phi) is 5.49. The number of amides is 1. The molecule has 0 aromatic heterocycles. The summed E-state index contributed by atoms with van der Waals surface area (Å²) in [5.74, 6) is 0.599. The zero-order chi connectivity index (χ0) is 12.7. The van der Waals surface area contributed by atoms with Crippen LogP contribution in [0.5, 0.6) is 5.75 Å². The predicted octanol–water partition coefficient (Wildman–Crippen LogP) is 2.48. The minimum absolute atomic E-state index is 0.0724. The smallest absolute Gasteiger partial charge is 0.277 e. The Hall–Kier alpha value is -1.55. The molecule has 0 atom stereocenters. The van der Waals surface area contributed by atoms with Crippen LogP contribution in [0.15, 0.2) is 29.4 Å². The number of ether oxygens (including phenoxy) is 1. The molecule has 1 aromatic carbocycles. The lowest BCUT2D eigenvalue weighted by Crippen LogP contribution is -2.24. The van der Waals surface area contributed by atoms with Crippen LogP contribution in [0.3, 0.4) is 0 Å². The minimum Gasteiger partial charge on any atom is -0.484 e. The molecule has 1 rings (SSSR count). The molecule has 17 heavy (non-hydrogen) atoms. The fraction of sp³-hybridized carbons (Fsp3) is 0.333. The van der Waals surface area contributed by atoms with Crippen molar-refractivity contribution in [2.24, 2.45) is 11.0 Å². The molecular weight excluding hydrogens is 240 g/mol. The van der Waals surface area contributed by atoms with Crippen LogP contribution in [0.2, 0.25) is 5.02 Å². The summed E-state index contributed by atoms with van der Waals surface area (Å²) < 4.78 is 5.24. The Morgan fingerprint density at radius 1 is 1.47 bits per heavy atom. The largest absolute Gasteiger partial charge is 0.484 e. The Morgan fingerprint density at radius 3 is 2.71 bits per heavy atom. The summed E-state index contributed by atoms with van der Waals surface area (Å²) in [5.41, 5.74) is 2.38. The molecule has 1 amide bonds. The second kappa shape index (κ2) is 6.91. The first-order valence-electron chi connectivity index (χ1n) is 5.28. The summed E-state index contributed by atoms with van der Waals surface area (Å²) in [4.78, 5) is 11.3. The van der Waals surface area contributed by atoms with E-state index in [0.29, 0.717) is 16.7 Å². The standard InChI is InChI=1S/C12H15ClN2O2/c1-9(2)7-14-15-12(16)8-17-11-5-3-10(13)4-6-11/h3-7,9H,8H2,1-2H3,(H,15,16)/b14-7-. The SMILES string of the molecule is CC(C)/C=N\NC(=O)COc1ccc(Cl)cc1. The number of rotatable bonds is 5. The van der Waals surface area contributed by atoms with Crippen molar-refractivity contribution in [3.05, 3.63) is 29.3 Å². The number of nitrogens with zero attached hydrogens (tertiary/aromatic N) is 1. The van der Waals surface area contributed by atoms with E-state index in [-0.39, 0.29) is 12.5 Å². The van der Waals surface area contributed by atoms with Crippen molar-refractivity contribution in [3.63, 3.8) is 0 Å². The number of nitrogens with one attached hydrogen (secondary N) is 1. The van der Waals surface area contributed by atoms with E-state index < -0.39 is 0 Å². The van der Waals surface area contributed by atoms with Gasteiger partial charge in [0.05, 0.1) is 0 Å². The van der Waals surface area contributed by atoms with Crippen LogP contribution in [0.4, 0.5) is 0 Å². The van der Waals surface area contributed by atoms with E-state index in [1.54, 1.807) is 30.5 Å². The summed E-state index contributed by atoms with van der Waals surface area (Å²) in [6, 6.07) is 6.80. The first-order valence-corrected chi connectivity index (χ1v) is 5.66. The van der Waals surface area contributed by atoms with E-state index in [4.69, 9.17) is 16.3 Å². The molecule has 0 heterocycles. The summed E-state index contributed by atoms with van der Waals surface area (Å²) in [7, 11) is 0. The molecule has 1 aromatic rings. The maximum absolute atomic E-state index is 11.3. The Balaban J connectivity index is 2.31. The molecule has 0 spiro atoms. The number of hydrogen-bond acceptors (Lipinski definition) is 3. The lowest BCUT2D eigenvalue weighted by molar-refractivity contribution is -0.123. The molecule has 0 aliphatic heterocycles. The van der Waals surface area contributed by atoms with E-state index in [0.717, 1.165) is 0 Å². The first-order chi connectivity index (χ1) is 8.08. The highest BCUT2D eigenvalue weighted by molar-refractivity contribution is 6.30. The first kappa shape index (κ1) is 13.5. The van der Waals surface area contributed by atoms with E-state index in [1.165, 1.54) is 0 Å². The van der Waals surface area contributed by atoms with Gasteiger partial charge in [-0.2, -0.15) is 5.10 Å². The maximum atomic E-state index is 11.3. The third-order valence-corrected chi connectivity index (χ3v) is 2.00. The summed E-state index contributed by atoms with van der Waals surface area (Å²) in [6.45, 7) is 3.87. The third kappa shape index (κ3) is 5.92. The molecule has 0 saturated carbocycles. The number of carbonyl (C=O) groups is 1. The van der Waals surface area contributed by atoms with E-state index in [9.17, 15) is 4.79 Å². The van der Waals surface area contributed by atoms with Crippen molar-refractivity contribution in [1.29, 1.82) is 0 Å². The van der Waals surface area contributed by atoms with Gasteiger partial charge in [0.15, 0.2) is 6.61 Å². The van der Waals surface area contributed by atoms with Crippen LogP contribution < -0.4 is 10.2 Å². The van der Waals surface area contributed by atoms with Crippen LogP contribution in [0.1, 0.15) is 13.8 Å². The van der Waals surface area contributed by atoms with Gasteiger partial charge in [-0.1, -0.05) is 25.4 Å². The highest BCUT2D eigenvalue weighted by Gasteiger charge is 2.01. The second-order valence-corrected chi connectivity index (χ2v) is 4.24. The molecular formula is C12H15ClN2O2. The molecule has 0 radical (unpaired) electrons. The van der Waals surface area contributed by atoms with Crippen molar-refractivity contribution >= 4 is 23.7 Å². The van der Waals surface area contributed by atoms with E-state index in [1.807, 2.05) is 13.8 Å². The predicted molar refractivity (Wildman–Crippen MR) is 68.4 cm³/mol. The van der Waals surface area contributed by atoms with Gasteiger partial charge >= 0.3 is 0 Å². The highest BCUT2D eigenvalue weighted by Crippen LogP contribution is 2.15. The molecule has 0 saturated heterocycles. The number of hydrazone groups is 1. The minimum atomic E-state index is -0.295. The monoisotopic (exact) mass is 254 g/mol. The van der Waals surface area contributed by atoms with Gasteiger partial charge < -0.3 is 4.74 Å². The van der Waals surface area contributed by atoms with Crippen LogP contribution in [0.25, 0.3) is 0 Å². The van der Waals surface area contributed by atoms with E-state index in [2.05, 4.69) is 10.5 Å². The molecule has 0 fully saturated rings. The van der Waals surface area contributed by atoms with Crippen molar-refractivity contribution < 1.29 is 9.53 Å². The highest BCUT2D eigenvalue weighted by atomic mass is 35.5. The number of halogens is 1. The van der Waals surface area contributed by atoms with Gasteiger partial charge in [-0.25, -0.2) is 5.43 Å². The zero-order valence-electron chi connectivity index (χ0n) is 9.81. The van der Waals surface area contributed by atoms with Gasteiger partial charge in [-0.05, 0) is 30.2 Å².